The number of carbonyl (C=O) groups excluding carboxylic acids is 1. The molecule has 0 spiro atoms. The number of fused-ring (bicyclic) bond motifs is 1. The van der Waals surface area contributed by atoms with Gasteiger partial charge in [0.05, 0.1) is 23.2 Å². The molecular weight excluding hydrogens is 480 g/mol. The van der Waals surface area contributed by atoms with Crippen LogP contribution < -0.4 is 16.5 Å². The van der Waals surface area contributed by atoms with Crippen LogP contribution in [0.3, 0.4) is 0 Å². The van der Waals surface area contributed by atoms with Crippen LogP contribution in [0.5, 0.6) is 0 Å². The van der Waals surface area contributed by atoms with Crippen LogP contribution in [-0.2, 0) is 17.8 Å². The van der Waals surface area contributed by atoms with Crippen molar-refractivity contribution in [3.63, 3.8) is 0 Å². The third-order valence-electron chi connectivity index (χ3n) is 5.58. The fraction of sp³-hybridized carbons (Fsp3) is 0.120. The van der Waals surface area contributed by atoms with Gasteiger partial charge in [0.1, 0.15) is 28.7 Å². The number of pyridine rings is 4. The van der Waals surface area contributed by atoms with Gasteiger partial charge in [0.2, 0.25) is 11.3 Å². The number of H-pyrrole nitrogens is 1. The Morgan fingerprint density at radius 1 is 1.06 bits per heavy atom. The van der Waals surface area contributed by atoms with E-state index < -0.39 is 0 Å². The summed E-state index contributed by atoms with van der Waals surface area (Å²) in [6, 6.07) is 12.4. The van der Waals surface area contributed by atoms with Gasteiger partial charge in [0.15, 0.2) is 0 Å². The Morgan fingerprint density at radius 2 is 1.89 bits per heavy atom. The standard InChI is InChI=1S/C25H22N8O2.ClH/c1-2-33-23(26)21(24-28-11-12-29-24)22(35)16-7-9-18(31-25(16)33)17-8-6-15(14-30-17)13-20(34)32-19-5-3-4-10-27-19;/h3-12,14H,2,13,26H2,1H3,(H,28,29)(H,27,32,34);1H. The molecule has 11 heteroatoms. The molecule has 0 aromatic carbocycles. The minimum atomic E-state index is -0.238. The second kappa shape index (κ2) is 10.4. The molecule has 1 amide bonds. The number of carbonyl (C=O) groups is 1. The Bertz CT molecular complexity index is 1570. The molecule has 5 aromatic heterocycles. The van der Waals surface area contributed by atoms with Gasteiger partial charge in [-0.3, -0.25) is 14.6 Å². The molecule has 5 rings (SSSR count). The molecular formula is C25H23ClN8O2. The summed E-state index contributed by atoms with van der Waals surface area (Å²) < 4.78 is 1.79. The van der Waals surface area contributed by atoms with Crippen molar-refractivity contribution >= 4 is 41.0 Å². The maximum absolute atomic E-state index is 13.2. The van der Waals surface area contributed by atoms with Gasteiger partial charge >= 0.3 is 0 Å². The maximum Gasteiger partial charge on any atom is 0.230 e. The molecule has 0 aliphatic heterocycles. The topological polar surface area (TPSA) is 144 Å². The van der Waals surface area contributed by atoms with Crippen LogP contribution in [0.4, 0.5) is 11.6 Å². The molecule has 0 radical (unpaired) electrons. The van der Waals surface area contributed by atoms with E-state index in [2.05, 4.69) is 25.3 Å². The first-order chi connectivity index (χ1) is 17.0. The van der Waals surface area contributed by atoms with Crippen LogP contribution in [0, 0.1) is 0 Å². The van der Waals surface area contributed by atoms with Crippen LogP contribution >= 0.6 is 12.4 Å². The van der Waals surface area contributed by atoms with Crippen molar-refractivity contribution in [2.75, 3.05) is 11.1 Å². The van der Waals surface area contributed by atoms with Crippen LogP contribution in [0.1, 0.15) is 12.5 Å². The summed E-state index contributed by atoms with van der Waals surface area (Å²) in [6.45, 7) is 2.45. The number of halogens is 1. The SMILES string of the molecule is CCn1c(N)c(-c2ncc[nH]2)c(=O)c2ccc(-c3ccc(CC(=O)Nc4ccccn4)cn3)nc21.Cl. The Kier molecular flexibility index (Phi) is 7.07. The van der Waals surface area contributed by atoms with Crippen molar-refractivity contribution in [2.24, 2.45) is 0 Å². The van der Waals surface area contributed by atoms with Gasteiger partial charge in [-0.25, -0.2) is 15.0 Å². The number of aromatic nitrogens is 6. The molecule has 10 nitrogen and oxygen atoms in total. The molecule has 0 aliphatic rings. The molecule has 0 atom stereocenters. The molecule has 0 saturated carbocycles. The van der Waals surface area contributed by atoms with Crippen molar-refractivity contribution in [3.8, 4) is 22.8 Å². The summed E-state index contributed by atoms with van der Waals surface area (Å²) in [4.78, 5) is 45.9. The highest BCUT2D eigenvalue weighted by atomic mass is 35.5. The van der Waals surface area contributed by atoms with Gasteiger partial charge in [0.25, 0.3) is 0 Å². The highest BCUT2D eigenvalue weighted by molar-refractivity contribution is 5.91. The monoisotopic (exact) mass is 502 g/mol. The fourth-order valence-corrected chi connectivity index (χ4v) is 3.91. The van der Waals surface area contributed by atoms with Crippen LogP contribution in [-0.4, -0.2) is 35.4 Å². The van der Waals surface area contributed by atoms with E-state index in [-0.39, 0.29) is 30.2 Å². The van der Waals surface area contributed by atoms with Crippen molar-refractivity contribution in [1.82, 2.24) is 29.5 Å². The number of anilines is 2. The Morgan fingerprint density at radius 3 is 2.56 bits per heavy atom. The van der Waals surface area contributed by atoms with Crippen molar-refractivity contribution in [1.29, 1.82) is 0 Å². The molecule has 5 aromatic rings. The summed E-state index contributed by atoms with van der Waals surface area (Å²) >= 11 is 0. The normalized spacial score (nSPS) is 10.7. The van der Waals surface area contributed by atoms with Gasteiger partial charge < -0.3 is 20.6 Å². The molecule has 36 heavy (non-hydrogen) atoms. The zero-order chi connectivity index (χ0) is 24.4. The first-order valence-corrected chi connectivity index (χ1v) is 11.0. The predicted molar refractivity (Wildman–Crippen MR) is 141 cm³/mol. The minimum absolute atomic E-state index is 0. The minimum Gasteiger partial charge on any atom is -0.384 e. The first-order valence-electron chi connectivity index (χ1n) is 11.0. The second-order valence-corrected chi connectivity index (χ2v) is 7.83. The van der Waals surface area contributed by atoms with E-state index in [4.69, 9.17) is 10.7 Å². The summed E-state index contributed by atoms with van der Waals surface area (Å²) in [5.41, 5.74) is 8.89. The lowest BCUT2D eigenvalue weighted by Gasteiger charge is -2.15. The molecule has 5 heterocycles. The van der Waals surface area contributed by atoms with E-state index in [0.29, 0.717) is 52.0 Å². The first kappa shape index (κ1) is 24.6. The summed E-state index contributed by atoms with van der Waals surface area (Å²) in [6.07, 6.45) is 6.64. The molecule has 4 N–H and O–H groups in total. The van der Waals surface area contributed by atoms with Crippen LogP contribution in [0.25, 0.3) is 33.8 Å². The number of hydrogen-bond donors (Lipinski definition) is 3. The number of rotatable bonds is 6. The highest BCUT2D eigenvalue weighted by Crippen LogP contribution is 2.25. The number of nitrogens with zero attached hydrogens (tertiary/aromatic N) is 5. The van der Waals surface area contributed by atoms with Crippen LogP contribution in [0.15, 0.2) is 72.0 Å². The van der Waals surface area contributed by atoms with Gasteiger partial charge in [0, 0.05) is 31.3 Å². The number of aromatic amines is 1. The third-order valence-corrected chi connectivity index (χ3v) is 5.58. The van der Waals surface area contributed by atoms with E-state index in [1.807, 2.05) is 13.0 Å². The lowest BCUT2D eigenvalue weighted by atomic mass is 10.1. The fourth-order valence-electron chi connectivity index (χ4n) is 3.91. The van der Waals surface area contributed by atoms with Gasteiger partial charge in [-0.05, 0) is 42.8 Å². The summed E-state index contributed by atoms with van der Waals surface area (Å²) in [7, 11) is 0. The van der Waals surface area contributed by atoms with Gasteiger partial charge in [-0.1, -0.05) is 12.1 Å². The quantitative estimate of drug-likeness (QED) is 0.322. The largest absolute Gasteiger partial charge is 0.384 e. The summed E-state index contributed by atoms with van der Waals surface area (Å²) in [5, 5.41) is 3.20. The van der Waals surface area contributed by atoms with Crippen molar-refractivity contribution in [3.05, 3.63) is 83.0 Å². The zero-order valence-corrected chi connectivity index (χ0v) is 20.1. The van der Waals surface area contributed by atoms with E-state index in [1.54, 1.807) is 65.8 Å². The lowest BCUT2D eigenvalue weighted by molar-refractivity contribution is -0.115. The number of nitrogens with two attached hydrogens (primary N) is 1. The zero-order valence-electron chi connectivity index (χ0n) is 19.3. The number of nitrogens with one attached hydrogen (secondary N) is 2. The Labute approximate surface area is 212 Å². The molecule has 0 bridgehead atoms. The number of amides is 1. The Balaban J connectivity index is 0.00000304. The average Bonchev–Trinajstić information content (AvgIpc) is 3.39. The van der Waals surface area contributed by atoms with E-state index in [1.165, 1.54) is 0 Å². The van der Waals surface area contributed by atoms with Crippen molar-refractivity contribution in [2.45, 2.75) is 19.9 Å². The van der Waals surface area contributed by atoms with Gasteiger partial charge in [-0.15, -0.1) is 12.4 Å². The molecule has 0 unspecified atom stereocenters. The van der Waals surface area contributed by atoms with Crippen LogP contribution in [0.2, 0.25) is 0 Å². The average molecular weight is 503 g/mol. The van der Waals surface area contributed by atoms with Crippen molar-refractivity contribution < 1.29 is 4.79 Å². The van der Waals surface area contributed by atoms with E-state index in [0.717, 1.165) is 5.56 Å². The second-order valence-electron chi connectivity index (χ2n) is 7.83. The maximum atomic E-state index is 13.2. The Hall–Kier alpha value is -4.57. The predicted octanol–water partition coefficient (Wildman–Crippen LogP) is 3.45. The smallest absolute Gasteiger partial charge is 0.230 e. The number of hydrogen-bond acceptors (Lipinski definition) is 7. The third kappa shape index (κ3) is 4.66. The molecule has 182 valence electrons. The number of aryl methyl sites for hydroxylation is 1. The number of nitrogen functional groups attached to an aromatic ring is 1. The highest BCUT2D eigenvalue weighted by Gasteiger charge is 2.19. The lowest BCUT2D eigenvalue weighted by Crippen LogP contribution is -2.18. The molecule has 0 aliphatic carbocycles. The van der Waals surface area contributed by atoms with E-state index >= 15 is 0 Å². The van der Waals surface area contributed by atoms with Gasteiger partial charge in [-0.2, -0.15) is 0 Å². The molecule has 0 saturated heterocycles. The number of imidazole rings is 1. The van der Waals surface area contributed by atoms with E-state index in [9.17, 15) is 9.59 Å². The summed E-state index contributed by atoms with van der Waals surface area (Å²) in [5.74, 6) is 1.03. The molecule has 0 fully saturated rings.